The number of ether oxygens (including phenoxy) is 2. The van der Waals surface area contributed by atoms with Crippen molar-refractivity contribution < 1.29 is 24.2 Å². The number of hydrogen-bond donors (Lipinski definition) is 1. The first-order chi connectivity index (χ1) is 20.6. The molecule has 0 saturated carbocycles. The van der Waals surface area contributed by atoms with E-state index in [1.807, 2.05) is 60.8 Å². The standard InChI is InChI=1S/C37H56O5/c1-3-5-7-9-11-13-15-17-18-20-22-24-26-28-30-32-37(40)42-35(33-38)34-41-36(39)31-29-27-25-23-21-19-16-14-12-10-8-6-4-2/h5-18,20,22,35,38H,3-4,19,21,23-34H2,1-2H3/b7-5+,8-6+,11-9+,12-10+,15-13+,16-14+,18-17+,22-20+. The van der Waals surface area contributed by atoms with Crippen molar-refractivity contribution in [2.75, 3.05) is 13.2 Å². The Morgan fingerprint density at radius 1 is 0.548 bits per heavy atom. The molecule has 0 aliphatic carbocycles. The molecule has 5 heteroatoms. The zero-order valence-corrected chi connectivity index (χ0v) is 26.2. The molecule has 42 heavy (non-hydrogen) atoms. The normalized spacial score (nSPS) is 13.5. The molecule has 1 atom stereocenters. The zero-order chi connectivity index (χ0) is 30.8. The van der Waals surface area contributed by atoms with Crippen molar-refractivity contribution in [2.45, 2.75) is 110 Å². The quantitative estimate of drug-likeness (QED) is 0.0627. The van der Waals surface area contributed by atoms with Crippen LogP contribution in [0.4, 0.5) is 0 Å². The van der Waals surface area contributed by atoms with Gasteiger partial charge in [0.25, 0.3) is 0 Å². The number of aliphatic hydroxyl groups excluding tert-OH is 1. The second-order valence-electron chi connectivity index (χ2n) is 9.95. The Morgan fingerprint density at radius 2 is 0.952 bits per heavy atom. The fourth-order valence-corrected chi connectivity index (χ4v) is 3.69. The molecule has 5 nitrogen and oxygen atoms in total. The molecule has 0 aliphatic rings. The van der Waals surface area contributed by atoms with Crippen LogP contribution >= 0.6 is 0 Å². The highest BCUT2D eigenvalue weighted by molar-refractivity contribution is 5.70. The van der Waals surface area contributed by atoms with Crippen LogP contribution in [-0.4, -0.2) is 36.4 Å². The molecule has 0 rings (SSSR count). The summed E-state index contributed by atoms with van der Waals surface area (Å²) in [6.45, 7) is 3.76. The van der Waals surface area contributed by atoms with E-state index in [0.29, 0.717) is 12.8 Å². The first-order valence-electron chi connectivity index (χ1n) is 15.9. The summed E-state index contributed by atoms with van der Waals surface area (Å²) in [6, 6.07) is 0. The number of allylic oxidation sites excluding steroid dienone is 16. The molecule has 0 spiro atoms. The molecule has 1 unspecified atom stereocenters. The Morgan fingerprint density at radius 3 is 1.45 bits per heavy atom. The SMILES string of the molecule is CC/C=C/C=C/C=C/C=C/C=C/CCCCCC(=O)OC(CO)COC(=O)CCCCCCC/C=C/C=C/C=C/CC. The van der Waals surface area contributed by atoms with Gasteiger partial charge in [-0.25, -0.2) is 0 Å². The number of rotatable bonds is 26. The third-order valence-electron chi connectivity index (χ3n) is 6.06. The largest absolute Gasteiger partial charge is 0.462 e. The summed E-state index contributed by atoms with van der Waals surface area (Å²) in [6.07, 6.45) is 44.5. The van der Waals surface area contributed by atoms with Crippen molar-refractivity contribution in [3.63, 3.8) is 0 Å². The number of carbonyl (C=O) groups excluding carboxylic acids is 2. The minimum Gasteiger partial charge on any atom is -0.462 e. The Bertz CT molecular complexity index is 886. The molecule has 1 N–H and O–H groups in total. The topological polar surface area (TPSA) is 72.8 Å². The average molecular weight is 581 g/mol. The summed E-state index contributed by atoms with van der Waals surface area (Å²) in [5, 5.41) is 9.49. The van der Waals surface area contributed by atoms with Crippen molar-refractivity contribution in [1.82, 2.24) is 0 Å². The van der Waals surface area contributed by atoms with E-state index in [-0.39, 0.29) is 25.2 Å². The van der Waals surface area contributed by atoms with Crippen LogP contribution in [0.25, 0.3) is 0 Å². The fraction of sp³-hybridized carbons (Fsp3) is 0.514. The maximum Gasteiger partial charge on any atom is 0.306 e. The number of carbonyl (C=O) groups is 2. The second-order valence-corrected chi connectivity index (χ2v) is 9.95. The smallest absolute Gasteiger partial charge is 0.306 e. The van der Waals surface area contributed by atoms with Crippen molar-refractivity contribution in [1.29, 1.82) is 0 Å². The Balaban J connectivity index is 3.78. The van der Waals surface area contributed by atoms with E-state index in [1.54, 1.807) is 0 Å². The number of esters is 2. The summed E-state index contributed by atoms with van der Waals surface area (Å²) >= 11 is 0. The van der Waals surface area contributed by atoms with E-state index in [2.05, 4.69) is 50.3 Å². The summed E-state index contributed by atoms with van der Waals surface area (Å²) in [4.78, 5) is 24.1. The van der Waals surface area contributed by atoms with Gasteiger partial charge in [-0.2, -0.15) is 0 Å². The molecule has 0 aromatic carbocycles. The number of unbranched alkanes of at least 4 members (excludes halogenated alkanes) is 8. The van der Waals surface area contributed by atoms with Crippen LogP contribution in [0, 0.1) is 0 Å². The lowest BCUT2D eigenvalue weighted by Gasteiger charge is -2.15. The number of hydrogen-bond acceptors (Lipinski definition) is 5. The predicted octanol–water partition coefficient (Wildman–Crippen LogP) is 9.38. The molecule has 0 amide bonds. The van der Waals surface area contributed by atoms with Gasteiger partial charge in [-0.1, -0.05) is 137 Å². The lowest BCUT2D eigenvalue weighted by molar-refractivity contribution is -0.161. The van der Waals surface area contributed by atoms with Gasteiger partial charge >= 0.3 is 11.9 Å². The van der Waals surface area contributed by atoms with E-state index in [4.69, 9.17) is 9.47 Å². The van der Waals surface area contributed by atoms with Crippen molar-refractivity contribution in [3.05, 3.63) is 97.2 Å². The molecule has 0 saturated heterocycles. The van der Waals surface area contributed by atoms with E-state index in [9.17, 15) is 14.7 Å². The summed E-state index contributed by atoms with van der Waals surface area (Å²) in [5.74, 6) is -0.680. The fourth-order valence-electron chi connectivity index (χ4n) is 3.69. The molecule has 0 aromatic rings. The minimum atomic E-state index is -0.806. The monoisotopic (exact) mass is 580 g/mol. The first kappa shape index (κ1) is 38.8. The lowest BCUT2D eigenvalue weighted by atomic mass is 10.1. The Hall–Kier alpha value is -3.18. The van der Waals surface area contributed by atoms with E-state index in [0.717, 1.165) is 77.0 Å². The highest BCUT2D eigenvalue weighted by Gasteiger charge is 2.16. The molecule has 234 valence electrons. The third kappa shape index (κ3) is 29.8. The molecule has 0 bridgehead atoms. The van der Waals surface area contributed by atoms with Gasteiger partial charge in [-0.05, 0) is 51.4 Å². The van der Waals surface area contributed by atoms with Crippen LogP contribution in [0.15, 0.2) is 97.2 Å². The third-order valence-corrected chi connectivity index (χ3v) is 6.06. The number of aliphatic hydroxyl groups is 1. The average Bonchev–Trinajstić information content (AvgIpc) is 2.99. The molecule has 0 fully saturated rings. The highest BCUT2D eigenvalue weighted by Crippen LogP contribution is 2.10. The summed E-state index contributed by atoms with van der Waals surface area (Å²) in [7, 11) is 0. The van der Waals surface area contributed by atoms with Crippen molar-refractivity contribution in [2.24, 2.45) is 0 Å². The molecular formula is C37H56O5. The lowest BCUT2D eigenvalue weighted by Crippen LogP contribution is -2.28. The van der Waals surface area contributed by atoms with Crippen LogP contribution in [0.5, 0.6) is 0 Å². The van der Waals surface area contributed by atoms with Gasteiger partial charge in [-0.15, -0.1) is 0 Å². The van der Waals surface area contributed by atoms with Crippen LogP contribution in [0.1, 0.15) is 104 Å². The van der Waals surface area contributed by atoms with Gasteiger partial charge in [0.1, 0.15) is 6.61 Å². The van der Waals surface area contributed by atoms with Crippen molar-refractivity contribution in [3.8, 4) is 0 Å². The van der Waals surface area contributed by atoms with E-state index < -0.39 is 6.10 Å². The first-order valence-corrected chi connectivity index (χ1v) is 15.9. The van der Waals surface area contributed by atoms with Crippen molar-refractivity contribution >= 4 is 11.9 Å². The van der Waals surface area contributed by atoms with Gasteiger partial charge < -0.3 is 14.6 Å². The molecule has 0 heterocycles. The second kappa shape index (κ2) is 32.3. The van der Waals surface area contributed by atoms with Crippen LogP contribution in [-0.2, 0) is 19.1 Å². The zero-order valence-electron chi connectivity index (χ0n) is 26.2. The molecular weight excluding hydrogens is 524 g/mol. The van der Waals surface area contributed by atoms with Crippen LogP contribution in [0.3, 0.4) is 0 Å². The van der Waals surface area contributed by atoms with E-state index in [1.165, 1.54) is 0 Å². The Kier molecular flexibility index (Phi) is 29.9. The van der Waals surface area contributed by atoms with Gasteiger partial charge in [0.05, 0.1) is 6.61 Å². The molecule has 0 radical (unpaired) electrons. The predicted molar refractivity (Wildman–Crippen MR) is 177 cm³/mol. The van der Waals surface area contributed by atoms with Crippen LogP contribution < -0.4 is 0 Å². The summed E-state index contributed by atoms with van der Waals surface area (Å²) < 4.78 is 10.5. The maximum absolute atomic E-state index is 12.1. The minimum absolute atomic E-state index is 0.101. The maximum atomic E-state index is 12.1. The molecule has 0 aromatic heterocycles. The van der Waals surface area contributed by atoms with Gasteiger partial charge in [0, 0.05) is 12.8 Å². The van der Waals surface area contributed by atoms with Gasteiger partial charge in [0.15, 0.2) is 6.10 Å². The van der Waals surface area contributed by atoms with E-state index >= 15 is 0 Å². The Labute approximate surface area is 256 Å². The molecule has 0 aliphatic heterocycles. The van der Waals surface area contributed by atoms with Gasteiger partial charge in [-0.3, -0.25) is 9.59 Å². The summed E-state index contributed by atoms with van der Waals surface area (Å²) in [5.41, 5.74) is 0. The highest BCUT2D eigenvalue weighted by atomic mass is 16.6. The van der Waals surface area contributed by atoms with Crippen LogP contribution in [0.2, 0.25) is 0 Å². The van der Waals surface area contributed by atoms with Gasteiger partial charge in [0.2, 0.25) is 0 Å².